The van der Waals surface area contributed by atoms with Crippen molar-refractivity contribution in [3.8, 4) is 0 Å². The molecule has 0 aliphatic carbocycles. The molecule has 108 valence electrons. The molecule has 1 heterocycles. The number of thiazole rings is 1. The smallest absolute Gasteiger partial charge is 0.388 e. The zero-order chi connectivity index (χ0) is 14.9. The van der Waals surface area contributed by atoms with Crippen LogP contribution in [0.1, 0.15) is 27.9 Å². The molecule has 0 amide bonds. The van der Waals surface area contributed by atoms with E-state index in [1.807, 2.05) is 0 Å². The van der Waals surface area contributed by atoms with Gasteiger partial charge in [-0.05, 0) is 30.7 Å². The van der Waals surface area contributed by atoms with E-state index in [-0.39, 0.29) is 6.42 Å². The number of benzene rings is 1. The van der Waals surface area contributed by atoms with Crippen LogP contribution in [0, 0.1) is 12.7 Å². The van der Waals surface area contributed by atoms with E-state index in [0.717, 1.165) is 11.1 Å². The maximum Gasteiger partial charge on any atom is 0.416 e. The first-order valence-corrected chi connectivity index (χ1v) is 6.61. The van der Waals surface area contributed by atoms with Crippen LogP contribution < -0.4 is 0 Å². The highest BCUT2D eigenvalue weighted by atomic mass is 32.1. The van der Waals surface area contributed by atoms with Gasteiger partial charge in [-0.1, -0.05) is 0 Å². The summed E-state index contributed by atoms with van der Waals surface area (Å²) in [5.74, 6) is -0.818. The molecular formula is C13H11F4NOS. The molecule has 1 aromatic heterocycles. The molecule has 2 nitrogen and oxygen atoms in total. The van der Waals surface area contributed by atoms with Gasteiger partial charge in [0.05, 0.1) is 22.4 Å². The molecular weight excluding hydrogens is 294 g/mol. The summed E-state index contributed by atoms with van der Waals surface area (Å²) >= 11 is 1.34. The van der Waals surface area contributed by atoms with Crippen LogP contribution in [0.3, 0.4) is 0 Å². The average molecular weight is 305 g/mol. The molecule has 20 heavy (non-hydrogen) atoms. The van der Waals surface area contributed by atoms with Crippen molar-refractivity contribution < 1.29 is 22.7 Å². The zero-order valence-electron chi connectivity index (χ0n) is 10.4. The van der Waals surface area contributed by atoms with Crippen molar-refractivity contribution in [2.75, 3.05) is 0 Å². The summed E-state index contributed by atoms with van der Waals surface area (Å²) in [5, 5.41) is 12.4. The Balaban J connectivity index is 2.33. The summed E-state index contributed by atoms with van der Waals surface area (Å²) in [6, 6.07) is 2.08. The van der Waals surface area contributed by atoms with Gasteiger partial charge in [-0.15, -0.1) is 11.3 Å². The van der Waals surface area contributed by atoms with Gasteiger partial charge in [0.2, 0.25) is 0 Å². The quantitative estimate of drug-likeness (QED) is 0.873. The Kier molecular flexibility index (Phi) is 4.10. The minimum atomic E-state index is -4.64. The Morgan fingerprint density at radius 3 is 2.60 bits per heavy atom. The van der Waals surface area contributed by atoms with E-state index in [1.165, 1.54) is 11.3 Å². The van der Waals surface area contributed by atoms with Crippen LogP contribution in [-0.2, 0) is 12.6 Å². The lowest BCUT2D eigenvalue weighted by molar-refractivity contribution is -0.139. The molecule has 1 unspecified atom stereocenters. The normalized spacial score (nSPS) is 13.5. The zero-order valence-corrected chi connectivity index (χ0v) is 11.2. The number of nitrogens with zero attached hydrogens (tertiary/aromatic N) is 1. The van der Waals surface area contributed by atoms with E-state index in [2.05, 4.69) is 4.98 Å². The number of hydrogen-bond donors (Lipinski definition) is 1. The summed E-state index contributed by atoms with van der Waals surface area (Å²) in [6.07, 6.45) is -6.18. The largest absolute Gasteiger partial charge is 0.416 e. The molecule has 0 saturated heterocycles. The number of rotatable bonds is 3. The first-order valence-electron chi connectivity index (χ1n) is 5.73. The number of alkyl halides is 3. The molecule has 0 aliphatic rings. The van der Waals surface area contributed by atoms with Gasteiger partial charge >= 0.3 is 6.18 Å². The van der Waals surface area contributed by atoms with Crippen LogP contribution in [-0.4, -0.2) is 10.1 Å². The van der Waals surface area contributed by atoms with E-state index in [1.54, 1.807) is 12.3 Å². The molecule has 0 saturated carbocycles. The molecule has 0 bridgehead atoms. The highest BCUT2D eigenvalue weighted by Crippen LogP contribution is 2.35. The van der Waals surface area contributed by atoms with Crippen LogP contribution in [0.2, 0.25) is 0 Å². The lowest BCUT2D eigenvalue weighted by atomic mass is 9.98. The van der Waals surface area contributed by atoms with Gasteiger partial charge in [-0.25, -0.2) is 9.37 Å². The number of aliphatic hydroxyl groups excluding tert-OH is 1. The standard InChI is InChI=1S/C13H11F4NOS/c1-7-18-9(6-20-7)5-12(19)10-4-8(14)2-3-11(10)13(15,16)17/h2-4,6,12,19H,5H2,1H3. The lowest BCUT2D eigenvalue weighted by Crippen LogP contribution is -2.14. The second-order valence-corrected chi connectivity index (χ2v) is 5.37. The molecule has 2 aromatic rings. The van der Waals surface area contributed by atoms with Gasteiger partial charge in [0, 0.05) is 11.8 Å². The van der Waals surface area contributed by atoms with E-state index in [0.29, 0.717) is 17.8 Å². The average Bonchev–Trinajstić information content (AvgIpc) is 2.73. The van der Waals surface area contributed by atoms with E-state index < -0.39 is 29.2 Å². The van der Waals surface area contributed by atoms with E-state index >= 15 is 0 Å². The summed E-state index contributed by atoms with van der Waals surface area (Å²) in [6.45, 7) is 1.75. The van der Waals surface area contributed by atoms with Crippen LogP contribution >= 0.6 is 11.3 Å². The fourth-order valence-electron chi connectivity index (χ4n) is 1.88. The molecule has 0 radical (unpaired) electrons. The Morgan fingerprint density at radius 1 is 1.35 bits per heavy atom. The topological polar surface area (TPSA) is 33.1 Å². The van der Waals surface area contributed by atoms with Gasteiger partial charge in [0.25, 0.3) is 0 Å². The Bertz CT molecular complexity index is 609. The third-order valence-corrected chi connectivity index (χ3v) is 3.57. The fourth-order valence-corrected chi connectivity index (χ4v) is 2.50. The first-order chi connectivity index (χ1) is 9.27. The van der Waals surface area contributed by atoms with Gasteiger partial charge < -0.3 is 5.11 Å². The molecule has 0 fully saturated rings. The Morgan fingerprint density at radius 2 is 2.05 bits per heavy atom. The fraction of sp³-hybridized carbons (Fsp3) is 0.308. The molecule has 0 aliphatic heterocycles. The molecule has 1 N–H and O–H groups in total. The van der Waals surface area contributed by atoms with Crippen molar-refractivity contribution in [1.82, 2.24) is 4.98 Å². The first kappa shape index (κ1) is 14.9. The summed E-state index contributed by atoms with van der Waals surface area (Å²) in [4.78, 5) is 4.07. The third kappa shape index (κ3) is 3.34. The maximum absolute atomic E-state index is 13.1. The van der Waals surface area contributed by atoms with Crippen LogP contribution in [0.25, 0.3) is 0 Å². The Labute approximate surface area is 116 Å². The predicted molar refractivity (Wildman–Crippen MR) is 66.9 cm³/mol. The predicted octanol–water partition coefficient (Wildman–Crippen LogP) is 3.89. The van der Waals surface area contributed by atoms with Crippen LogP contribution in [0.4, 0.5) is 17.6 Å². The maximum atomic E-state index is 13.1. The highest BCUT2D eigenvalue weighted by molar-refractivity contribution is 7.09. The molecule has 1 aromatic carbocycles. The monoisotopic (exact) mass is 305 g/mol. The van der Waals surface area contributed by atoms with Crippen molar-refractivity contribution in [3.63, 3.8) is 0 Å². The molecule has 2 rings (SSSR count). The highest BCUT2D eigenvalue weighted by Gasteiger charge is 2.35. The van der Waals surface area contributed by atoms with Gasteiger partial charge in [-0.2, -0.15) is 13.2 Å². The van der Waals surface area contributed by atoms with Crippen molar-refractivity contribution in [2.24, 2.45) is 0 Å². The van der Waals surface area contributed by atoms with Gasteiger partial charge in [0.15, 0.2) is 0 Å². The van der Waals surface area contributed by atoms with Crippen LogP contribution in [0.5, 0.6) is 0 Å². The summed E-state index contributed by atoms with van der Waals surface area (Å²) in [7, 11) is 0. The van der Waals surface area contributed by atoms with Crippen molar-refractivity contribution in [3.05, 3.63) is 51.2 Å². The van der Waals surface area contributed by atoms with Gasteiger partial charge in [-0.3, -0.25) is 0 Å². The number of hydrogen-bond acceptors (Lipinski definition) is 3. The van der Waals surface area contributed by atoms with Crippen molar-refractivity contribution in [1.29, 1.82) is 0 Å². The minimum Gasteiger partial charge on any atom is -0.388 e. The summed E-state index contributed by atoms with van der Waals surface area (Å²) in [5.41, 5.74) is -1.01. The van der Waals surface area contributed by atoms with Gasteiger partial charge in [0.1, 0.15) is 5.82 Å². The summed E-state index contributed by atoms with van der Waals surface area (Å²) < 4.78 is 51.7. The minimum absolute atomic E-state index is 0.0864. The number of halogens is 4. The van der Waals surface area contributed by atoms with Crippen molar-refractivity contribution in [2.45, 2.75) is 25.6 Å². The number of aliphatic hydroxyl groups is 1. The third-order valence-electron chi connectivity index (χ3n) is 2.75. The lowest BCUT2D eigenvalue weighted by Gasteiger charge is -2.17. The molecule has 1 atom stereocenters. The van der Waals surface area contributed by atoms with Crippen LogP contribution in [0.15, 0.2) is 23.6 Å². The number of aryl methyl sites for hydroxylation is 1. The number of aromatic nitrogens is 1. The van der Waals surface area contributed by atoms with E-state index in [9.17, 15) is 22.7 Å². The SMILES string of the molecule is Cc1nc(CC(O)c2cc(F)ccc2C(F)(F)F)cs1. The molecule has 0 spiro atoms. The second-order valence-electron chi connectivity index (χ2n) is 4.31. The molecule has 7 heteroatoms. The van der Waals surface area contributed by atoms with E-state index in [4.69, 9.17) is 0 Å². The Hall–Kier alpha value is -1.47. The van der Waals surface area contributed by atoms with Crippen molar-refractivity contribution >= 4 is 11.3 Å². The second kappa shape index (κ2) is 5.49.